The van der Waals surface area contributed by atoms with E-state index in [0.717, 1.165) is 16.7 Å². The van der Waals surface area contributed by atoms with Crippen LogP contribution in [-0.4, -0.2) is 46.4 Å². The van der Waals surface area contributed by atoms with Crippen LogP contribution in [0.5, 0.6) is 11.8 Å². The van der Waals surface area contributed by atoms with Crippen molar-refractivity contribution >= 4 is 5.91 Å². The van der Waals surface area contributed by atoms with E-state index in [1.54, 1.807) is 36.9 Å². The third-order valence-corrected chi connectivity index (χ3v) is 4.92. The van der Waals surface area contributed by atoms with Crippen LogP contribution in [0.1, 0.15) is 29.8 Å². The summed E-state index contributed by atoms with van der Waals surface area (Å²) in [6.07, 6.45) is 6.46. The fourth-order valence-corrected chi connectivity index (χ4v) is 3.51. The Morgan fingerprint density at radius 1 is 1.16 bits per heavy atom. The van der Waals surface area contributed by atoms with Gasteiger partial charge in [0.05, 0.1) is 19.3 Å². The normalized spacial score (nSPS) is 17.5. The number of carbonyl (C=O) groups is 1. The van der Waals surface area contributed by atoms with Crippen molar-refractivity contribution in [3.05, 3.63) is 66.2 Å². The lowest BCUT2D eigenvalue weighted by molar-refractivity contribution is -0.131. The molecule has 3 heterocycles. The summed E-state index contributed by atoms with van der Waals surface area (Å²) >= 11 is 0. The molecule has 0 aliphatic carbocycles. The number of hydrogen-bond acceptors (Lipinski definition) is 7. The molecule has 2 atom stereocenters. The maximum atomic E-state index is 12.8. The van der Waals surface area contributed by atoms with Crippen LogP contribution in [0, 0.1) is 0 Å². The average molecular weight is 420 g/mol. The van der Waals surface area contributed by atoms with Crippen LogP contribution in [0.3, 0.4) is 0 Å². The molecule has 1 N–H and O–H groups in total. The van der Waals surface area contributed by atoms with Crippen molar-refractivity contribution < 1.29 is 19.0 Å². The number of aromatic nitrogens is 3. The summed E-state index contributed by atoms with van der Waals surface area (Å²) in [4.78, 5) is 25.2. The van der Waals surface area contributed by atoms with Crippen molar-refractivity contribution in [2.45, 2.75) is 38.7 Å². The van der Waals surface area contributed by atoms with Gasteiger partial charge in [-0.05, 0) is 37.6 Å². The molecule has 3 aromatic rings. The van der Waals surface area contributed by atoms with Crippen LogP contribution >= 0.6 is 0 Å². The molecular weight excluding hydrogens is 396 g/mol. The van der Waals surface area contributed by atoms with Gasteiger partial charge in [0, 0.05) is 47.9 Å². The molecule has 1 aliphatic heterocycles. The molecule has 1 amide bonds. The summed E-state index contributed by atoms with van der Waals surface area (Å²) in [6, 6.07) is 9.07. The zero-order valence-electron chi connectivity index (χ0n) is 17.6. The van der Waals surface area contributed by atoms with Crippen LogP contribution in [-0.2, 0) is 11.2 Å². The summed E-state index contributed by atoms with van der Waals surface area (Å²) in [5.41, 5.74) is 3.26. The smallest absolute Gasteiger partial charge is 0.316 e. The molecule has 1 aromatic carbocycles. The van der Waals surface area contributed by atoms with Gasteiger partial charge in [-0.1, -0.05) is 12.1 Å². The van der Waals surface area contributed by atoms with E-state index in [4.69, 9.17) is 14.2 Å². The molecule has 0 saturated carbocycles. The Morgan fingerprint density at radius 2 is 1.90 bits per heavy atom. The number of amides is 1. The first-order chi connectivity index (χ1) is 15.0. The van der Waals surface area contributed by atoms with Crippen molar-refractivity contribution in [1.82, 2.24) is 20.3 Å². The maximum Gasteiger partial charge on any atom is 0.316 e. The van der Waals surface area contributed by atoms with Crippen molar-refractivity contribution in [3.63, 3.8) is 0 Å². The van der Waals surface area contributed by atoms with Crippen LogP contribution in [0.4, 0.5) is 0 Å². The van der Waals surface area contributed by atoms with Gasteiger partial charge in [0.15, 0.2) is 0 Å². The standard InChI is InChI=1S/C23H24N4O4/c1-14(2)30-22-19(27-21(28)15-7-9-24-10-8-15)11-18-17(5-4-6-20(18)31-22)16-12-25-23(29-3)26-13-16/h4-10,12-14,19,22H,11H2,1-3H3,(H,27,28)/t19-,22?/m0/s1. The number of fused-ring (bicyclic) bond motifs is 1. The lowest BCUT2D eigenvalue weighted by Gasteiger charge is -2.35. The van der Waals surface area contributed by atoms with E-state index >= 15 is 0 Å². The molecule has 31 heavy (non-hydrogen) atoms. The molecule has 0 bridgehead atoms. The topological polar surface area (TPSA) is 95.5 Å². The van der Waals surface area contributed by atoms with E-state index in [-0.39, 0.29) is 18.1 Å². The highest BCUT2D eigenvalue weighted by Crippen LogP contribution is 2.36. The first-order valence-electron chi connectivity index (χ1n) is 10.1. The number of nitrogens with zero attached hydrogens (tertiary/aromatic N) is 3. The molecule has 2 aromatic heterocycles. The zero-order valence-corrected chi connectivity index (χ0v) is 17.6. The molecule has 4 rings (SSSR count). The number of rotatable bonds is 6. The third-order valence-electron chi connectivity index (χ3n) is 4.92. The Kier molecular flexibility index (Phi) is 6.08. The summed E-state index contributed by atoms with van der Waals surface area (Å²) in [7, 11) is 1.53. The molecule has 8 nitrogen and oxygen atoms in total. The molecule has 0 saturated heterocycles. The molecule has 1 unspecified atom stereocenters. The van der Waals surface area contributed by atoms with Gasteiger partial charge < -0.3 is 19.5 Å². The minimum Gasteiger partial charge on any atom is -0.467 e. The molecule has 8 heteroatoms. The van der Waals surface area contributed by atoms with Gasteiger partial charge in [-0.25, -0.2) is 9.97 Å². The summed E-state index contributed by atoms with van der Waals surface area (Å²) in [5.74, 6) is 0.510. The quantitative estimate of drug-likeness (QED) is 0.655. The maximum absolute atomic E-state index is 12.8. The number of pyridine rings is 1. The fourth-order valence-electron chi connectivity index (χ4n) is 3.51. The second-order valence-corrected chi connectivity index (χ2v) is 7.43. The third kappa shape index (κ3) is 4.64. The van der Waals surface area contributed by atoms with E-state index in [9.17, 15) is 4.79 Å². The Labute approximate surface area is 180 Å². The number of nitrogens with one attached hydrogen (secondary N) is 1. The number of benzene rings is 1. The van der Waals surface area contributed by atoms with Gasteiger partial charge in [-0.3, -0.25) is 9.78 Å². The van der Waals surface area contributed by atoms with Gasteiger partial charge >= 0.3 is 6.01 Å². The Morgan fingerprint density at radius 3 is 2.58 bits per heavy atom. The minimum atomic E-state index is -0.611. The largest absolute Gasteiger partial charge is 0.467 e. The molecular formula is C23H24N4O4. The van der Waals surface area contributed by atoms with Crippen molar-refractivity contribution in [3.8, 4) is 22.9 Å². The average Bonchev–Trinajstić information content (AvgIpc) is 2.79. The van der Waals surface area contributed by atoms with E-state index < -0.39 is 6.29 Å². The second kappa shape index (κ2) is 9.09. The Balaban J connectivity index is 1.65. The highest BCUT2D eigenvalue weighted by Gasteiger charge is 2.34. The molecule has 1 aliphatic rings. The first kappa shape index (κ1) is 20.7. The molecule has 0 radical (unpaired) electrons. The summed E-state index contributed by atoms with van der Waals surface area (Å²) < 4.78 is 17.2. The molecule has 0 spiro atoms. The van der Waals surface area contributed by atoms with Crippen LogP contribution in [0.15, 0.2) is 55.1 Å². The monoisotopic (exact) mass is 420 g/mol. The highest BCUT2D eigenvalue weighted by atomic mass is 16.7. The Bertz CT molecular complexity index is 1040. The van der Waals surface area contributed by atoms with Gasteiger partial charge in [0.2, 0.25) is 6.29 Å². The second-order valence-electron chi connectivity index (χ2n) is 7.43. The van der Waals surface area contributed by atoms with Crippen LogP contribution < -0.4 is 14.8 Å². The summed E-state index contributed by atoms with van der Waals surface area (Å²) in [6.45, 7) is 3.87. The number of hydrogen-bond donors (Lipinski definition) is 1. The zero-order chi connectivity index (χ0) is 21.8. The SMILES string of the molecule is COc1ncc(-c2cccc3c2C[C@H](NC(=O)c2ccncc2)C(OC(C)C)O3)cn1. The number of ether oxygens (including phenoxy) is 3. The minimum absolute atomic E-state index is 0.0648. The molecule has 0 fully saturated rings. The van der Waals surface area contributed by atoms with Crippen molar-refractivity contribution in [2.75, 3.05) is 7.11 Å². The van der Waals surface area contributed by atoms with Crippen molar-refractivity contribution in [1.29, 1.82) is 0 Å². The van der Waals surface area contributed by atoms with E-state index in [1.165, 1.54) is 7.11 Å². The first-order valence-corrected chi connectivity index (χ1v) is 10.1. The molecule has 160 valence electrons. The van der Waals surface area contributed by atoms with Gasteiger partial charge in [0.25, 0.3) is 5.91 Å². The van der Waals surface area contributed by atoms with Crippen LogP contribution in [0.2, 0.25) is 0 Å². The lowest BCUT2D eigenvalue weighted by atomic mass is 9.93. The number of carbonyl (C=O) groups excluding carboxylic acids is 1. The van der Waals surface area contributed by atoms with Gasteiger partial charge in [-0.2, -0.15) is 0 Å². The van der Waals surface area contributed by atoms with Gasteiger partial charge in [-0.15, -0.1) is 0 Å². The number of methoxy groups -OCH3 is 1. The van der Waals surface area contributed by atoms with E-state index in [1.807, 2.05) is 32.0 Å². The van der Waals surface area contributed by atoms with E-state index in [0.29, 0.717) is 23.7 Å². The predicted octanol–water partition coefficient (Wildman–Crippen LogP) is 3.03. The van der Waals surface area contributed by atoms with E-state index in [2.05, 4.69) is 20.3 Å². The summed E-state index contributed by atoms with van der Waals surface area (Å²) in [5, 5.41) is 3.06. The lowest BCUT2D eigenvalue weighted by Crippen LogP contribution is -2.51. The van der Waals surface area contributed by atoms with Crippen molar-refractivity contribution in [2.24, 2.45) is 0 Å². The highest BCUT2D eigenvalue weighted by molar-refractivity contribution is 5.94. The van der Waals surface area contributed by atoms with Crippen LogP contribution in [0.25, 0.3) is 11.1 Å². The fraction of sp³-hybridized carbons (Fsp3) is 0.304. The Hall–Kier alpha value is -3.52. The van der Waals surface area contributed by atoms with Gasteiger partial charge in [0.1, 0.15) is 5.75 Å². The predicted molar refractivity (Wildman–Crippen MR) is 114 cm³/mol.